The van der Waals surface area contributed by atoms with Crippen LogP contribution in [-0.2, 0) is 11.3 Å². The van der Waals surface area contributed by atoms with E-state index in [0.717, 1.165) is 0 Å². The largest absolute Gasteiger partial charge is 0.497 e. The van der Waals surface area contributed by atoms with E-state index in [1.54, 1.807) is 37.4 Å². The van der Waals surface area contributed by atoms with E-state index >= 15 is 0 Å². The van der Waals surface area contributed by atoms with Crippen LogP contribution >= 0.6 is 35.0 Å². The normalized spacial score (nSPS) is 11.8. The predicted octanol–water partition coefficient (Wildman–Crippen LogP) is 5.48. The molecule has 0 saturated heterocycles. The van der Waals surface area contributed by atoms with Crippen LogP contribution in [0.5, 0.6) is 11.5 Å². The molecule has 164 valence electrons. The maximum atomic E-state index is 12.4. The highest BCUT2D eigenvalue weighted by atomic mass is 35.5. The molecule has 0 saturated carbocycles. The molecule has 1 atom stereocenters. The summed E-state index contributed by atoms with van der Waals surface area (Å²) in [6, 6.07) is 12.2. The number of amides is 1. The first-order valence-corrected chi connectivity index (χ1v) is 11.3. The summed E-state index contributed by atoms with van der Waals surface area (Å²) in [4.78, 5) is 12.4. The zero-order chi connectivity index (χ0) is 22.4. The molecule has 2 aromatic carbocycles. The van der Waals surface area contributed by atoms with Gasteiger partial charge in [0.15, 0.2) is 17.1 Å². The van der Waals surface area contributed by atoms with Crippen molar-refractivity contribution in [2.45, 2.75) is 31.7 Å². The van der Waals surface area contributed by atoms with E-state index in [1.807, 2.05) is 30.5 Å². The number of nitrogens with zero attached hydrogens (tertiary/aromatic N) is 3. The fourth-order valence-corrected chi connectivity index (χ4v) is 3.98. The van der Waals surface area contributed by atoms with Gasteiger partial charge in [0.05, 0.1) is 17.9 Å². The van der Waals surface area contributed by atoms with Gasteiger partial charge in [-0.25, -0.2) is 0 Å². The van der Waals surface area contributed by atoms with Gasteiger partial charge in [0.1, 0.15) is 11.5 Å². The molecule has 1 N–H and O–H groups in total. The van der Waals surface area contributed by atoms with E-state index in [9.17, 15) is 4.79 Å². The van der Waals surface area contributed by atoms with Crippen molar-refractivity contribution in [3.63, 3.8) is 0 Å². The summed E-state index contributed by atoms with van der Waals surface area (Å²) in [6.45, 7) is 4.46. The van der Waals surface area contributed by atoms with Gasteiger partial charge in [-0.05, 0) is 38.1 Å². The Kier molecular flexibility index (Phi) is 8.06. The fraction of sp³-hybridized carbons (Fsp3) is 0.286. The molecular formula is C21H22Cl2N4O3S. The molecule has 1 amide bonds. The van der Waals surface area contributed by atoms with Crippen molar-refractivity contribution in [3.05, 3.63) is 58.3 Å². The van der Waals surface area contributed by atoms with Gasteiger partial charge in [-0.3, -0.25) is 4.79 Å². The summed E-state index contributed by atoms with van der Waals surface area (Å²) in [7, 11) is 1.58. The van der Waals surface area contributed by atoms with Gasteiger partial charge >= 0.3 is 0 Å². The van der Waals surface area contributed by atoms with Crippen molar-refractivity contribution in [2.24, 2.45) is 0 Å². The first-order chi connectivity index (χ1) is 14.9. The smallest absolute Gasteiger partial charge is 0.234 e. The molecule has 0 bridgehead atoms. The second kappa shape index (κ2) is 10.7. The lowest BCUT2D eigenvalue weighted by atomic mass is 10.3. The standard InChI is InChI=1S/C21H22Cl2N4O3S/c1-4-27-20(13(2)30-18-10-14(22)8-9-17(18)23)25-26-21(27)31-12-19(28)24-15-6-5-7-16(11-15)29-3/h5-11,13H,4,12H2,1-3H3,(H,24,28). The van der Waals surface area contributed by atoms with Crippen LogP contribution in [0.4, 0.5) is 5.69 Å². The molecule has 10 heteroatoms. The Morgan fingerprint density at radius 2 is 2.03 bits per heavy atom. The lowest BCUT2D eigenvalue weighted by Crippen LogP contribution is -2.15. The van der Waals surface area contributed by atoms with E-state index in [2.05, 4.69) is 15.5 Å². The molecule has 0 aliphatic rings. The monoisotopic (exact) mass is 480 g/mol. The Morgan fingerprint density at radius 1 is 1.23 bits per heavy atom. The lowest BCUT2D eigenvalue weighted by molar-refractivity contribution is -0.113. The van der Waals surface area contributed by atoms with Crippen LogP contribution in [0.15, 0.2) is 47.6 Å². The van der Waals surface area contributed by atoms with Crippen molar-refractivity contribution >= 4 is 46.6 Å². The second-order valence-electron chi connectivity index (χ2n) is 6.49. The Hall–Kier alpha value is -2.42. The SMILES string of the molecule is CCn1c(SCC(=O)Nc2cccc(OC)c2)nnc1C(C)Oc1cc(Cl)ccc1Cl. The zero-order valence-electron chi connectivity index (χ0n) is 17.3. The topological polar surface area (TPSA) is 78.3 Å². The average molecular weight is 481 g/mol. The van der Waals surface area contributed by atoms with Crippen LogP contribution in [0.2, 0.25) is 10.0 Å². The molecule has 0 aliphatic heterocycles. The third kappa shape index (κ3) is 6.06. The zero-order valence-corrected chi connectivity index (χ0v) is 19.6. The van der Waals surface area contributed by atoms with Gasteiger partial charge in [0.25, 0.3) is 0 Å². The summed E-state index contributed by atoms with van der Waals surface area (Å²) in [5.41, 5.74) is 0.669. The molecule has 0 spiro atoms. The molecule has 0 aliphatic carbocycles. The van der Waals surface area contributed by atoms with Crippen molar-refractivity contribution in [2.75, 3.05) is 18.2 Å². The number of carbonyl (C=O) groups excluding carboxylic acids is 1. The number of nitrogens with one attached hydrogen (secondary N) is 1. The number of rotatable bonds is 9. The Bertz CT molecular complexity index is 1060. The van der Waals surface area contributed by atoms with E-state index < -0.39 is 6.10 Å². The third-order valence-corrected chi connectivity index (χ3v) is 5.82. The van der Waals surface area contributed by atoms with Gasteiger partial charge in [0.2, 0.25) is 5.91 Å². The quantitative estimate of drug-likeness (QED) is 0.408. The minimum Gasteiger partial charge on any atom is -0.497 e. The summed E-state index contributed by atoms with van der Waals surface area (Å²) in [5.74, 6) is 1.81. The van der Waals surface area contributed by atoms with Gasteiger partial charge < -0.3 is 19.4 Å². The Morgan fingerprint density at radius 3 is 2.77 bits per heavy atom. The highest BCUT2D eigenvalue weighted by Gasteiger charge is 2.20. The van der Waals surface area contributed by atoms with E-state index in [4.69, 9.17) is 32.7 Å². The third-order valence-electron chi connectivity index (χ3n) is 4.31. The molecular weight excluding hydrogens is 459 g/mol. The maximum absolute atomic E-state index is 12.4. The Labute approximate surface area is 195 Å². The Balaban J connectivity index is 1.65. The first-order valence-electron chi connectivity index (χ1n) is 9.52. The number of hydrogen-bond donors (Lipinski definition) is 1. The molecule has 0 fully saturated rings. The summed E-state index contributed by atoms with van der Waals surface area (Å²) in [6.07, 6.45) is -0.414. The number of anilines is 1. The van der Waals surface area contributed by atoms with Crippen molar-refractivity contribution in [1.29, 1.82) is 0 Å². The molecule has 1 heterocycles. The summed E-state index contributed by atoms with van der Waals surface area (Å²) >= 11 is 13.5. The van der Waals surface area contributed by atoms with Gasteiger partial charge in [-0.2, -0.15) is 0 Å². The highest BCUT2D eigenvalue weighted by molar-refractivity contribution is 7.99. The first kappa shape index (κ1) is 23.2. The van der Waals surface area contributed by atoms with E-state index in [0.29, 0.717) is 44.8 Å². The number of halogens is 2. The lowest BCUT2D eigenvalue weighted by Gasteiger charge is -2.16. The minimum atomic E-state index is -0.414. The number of aromatic nitrogens is 3. The predicted molar refractivity (Wildman–Crippen MR) is 124 cm³/mol. The van der Waals surface area contributed by atoms with Crippen molar-refractivity contribution in [1.82, 2.24) is 14.8 Å². The van der Waals surface area contributed by atoms with E-state index in [-0.39, 0.29) is 11.7 Å². The molecule has 3 rings (SSSR count). The van der Waals surface area contributed by atoms with Crippen molar-refractivity contribution in [3.8, 4) is 11.5 Å². The minimum absolute atomic E-state index is 0.152. The number of benzene rings is 2. The van der Waals surface area contributed by atoms with Crippen LogP contribution in [0, 0.1) is 0 Å². The van der Waals surface area contributed by atoms with Crippen LogP contribution in [0.25, 0.3) is 0 Å². The number of hydrogen-bond acceptors (Lipinski definition) is 6. The number of carbonyl (C=O) groups is 1. The van der Waals surface area contributed by atoms with E-state index in [1.165, 1.54) is 11.8 Å². The molecule has 3 aromatic rings. The van der Waals surface area contributed by atoms with Gasteiger partial charge in [-0.15, -0.1) is 10.2 Å². The maximum Gasteiger partial charge on any atom is 0.234 e. The summed E-state index contributed by atoms with van der Waals surface area (Å²) < 4.78 is 13.0. The number of methoxy groups -OCH3 is 1. The fourth-order valence-electron chi connectivity index (χ4n) is 2.84. The van der Waals surface area contributed by atoms with Crippen LogP contribution in [0.1, 0.15) is 25.8 Å². The molecule has 7 nitrogen and oxygen atoms in total. The van der Waals surface area contributed by atoms with Crippen LogP contribution in [-0.4, -0.2) is 33.5 Å². The van der Waals surface area contributed by atoms with Crippen molar-refractivity contribution < 1.29 is 14.3 Å². The molecule has 0 radical (unpaired) electrons. The highest BCUT2D eigenvalue weighted by Crippen LogP contribution is 2.32. The average Bonchev–Trinajstić information content (AvgIpc) is 3.18. The van der Waals surface area contributed by atoms with Gasteiger partial charge in [-0.1, -0.05) is 41.0 Å². The molecule has 1 aromatic heterocycles. The molecule has 1 unspecified atom stereocenters. The van der Waals surface area contributed by atoms with Crippen LogP contribution < -0.4 is 14.8 Å². The summed E-state index contributed by atoms with van der Waals surface area (Å²) in [5, 5.41) is 13.0. The number of thioether (sulfide) groups is 1. The molecule has 31 heavy (non-hydrogen) atoms. The second-order valence-corrected chi connectivity index (χ2v) is 8.27. The van der Waals surface area contributed by atoms with Crippen LogP contribution in [0.3, 0.4) is 0 Å². The number of ether oxygens (including phenoxy) is 2. The van der Waals surface area contributed by atoms with Gasteiger partial charge in [0, 0.05) is 29.4 Å².